The van der Waals surface area contributed by atoms with Crippen LogP contribution in [0.15, 0.2) is 58.1 Å². The van der Waals surface area contributed by atoms with E-state index >= 15 is 0 Å². The SMILES string of the molecule is N#Cn1c(=O)c2ccccc2c2ccccc2c1=O. The van der Waals surface area contributed by atoms with Crippen molar-refractivity contribution in [2.75, 3.05) is 0 Å². The lowest BCUT2D eigenvalue weighted by atomic mass is 10.1. The number of rotatable bonds is 0. The zero-order valence-corrected chi connectivity index (χ0v) is 9.83. The summed E-state index contributed by atoms with van der Waals surface area (Å²) in [5, 5.41) is 11.1. The fourth-order valence-electron chi connectivity index (χ4n) is 2.23. The number of hydrogen-bond donors (Lipinski definition) is 0. The molecule has 0 spiro atoms. The van der Waals surface area contributed by atoms with E-state index in [1.807, 2.05) is 0 Å². The van der Waals surface area contributed by atoms with Crippen LogP contribution in [-0.2, 0) is 0 Å². The van der Waals surface area contributed by atoms with Crippen LogP contribution in [0.4, 0.5) is 0 Å². The Morgan fingerprint density at radius 2 is 1.11 bits per heavy atom. The number of benzene rings is 2. The summed E-state index contributed by atoms with van der Waals surface area (Å²) >= 11 is 0. The maximum atomic E-state index is 12.2. The Hall–Kier alpha value is -2.93. The number of fused-ring (bicyclic) bond motifs is 3. The van der Waals surface area contributed by atoms with Gasteiger partial charge in [0.05, 0.1) is 0 Å². The van der Waals surface area contributed by atoms with Crippen molar-refractivity contribution in [3.05, 3.63) is 69.2 Å². The summed E-state index contributed by atoms with van der Waals surface area (Å²) in [7, 11) is 0. The fourth-order valence-corrected chi connectivity index (χ4v) is 2.23. The summed E-state index contributed by atoms with van der Waals surface area (Å²) in [6.45, 7) is 0. The highest BCUT2D eigenvalue weighted by Gasteiger charge is 2.09. The molecule has 1 aromatic heterocycles. The van der Waals surface area contributed by atoms with Crippen molar-refractivity contribution in [2.45, 2.75) is 0 Å². The molecule has 0 saturated carbocycles. The predicted molar refractivity (Wildman–Crippen MR) is 73.0 cm³/mol. The van der Waals surface area contributed by atoms with Gasteiger partial charge >= 0.3 is 0 Å². The third-order valence-electron chi connectivity index (χ3n) is 3.11. The van der Waals surface area contributed by atoms with Gasteiger partial charge in [0, 0.05) is 10.8 Å². The molecule has 0 saturated heterocycles. The van der Waals surface area contributed by atoms with E-state index in [1.165, 1.54) is 0 Å². The average Bonchev–Trinajstić information content (AvgIpc) is 2.55. The molecule has 0 aliphatic carbocycles. The Morgan fingerprint density at radius 1 is 0.737 bits per heavy atom. The van der Waals surface area contributed by atoms with Crippen molar-refractivity contribution in [2.24, 2.45) is 0 Å². The van der Waals surface area contributed by atoms with Crippen LogP contribution in [0.3, 0.4) is 0 Å². The van der Waals surface area contributed by atoms with Crippen LogP contribution >= 0.6 is 0 Å². The van der Waals surface area contributed by atoms with E-state index < -0.39 is 11.1 Å². The molecule has 4 heteroatoms. The first-order valence-electron chi connectivity index (χ1n) is 5.71. The molecule has 0 bridgehead atoms. The van der Waals surface area contributed by atoms with Gasteiger partial charge in [-0.2, -0.15) is 9.83 Å². The summed E-state index contributed by atoms with van der Waals surface area (Å²) in [6, 6.07) is 13.8. The summed E-state index contributed by atoms with van der Waals surface area (Å²) in [5.74, 6) is 0. The van der Waals surface area contributed by atoms with Crippen LogP contribution in [0.5, 0.6) is 0 Å². The van der Waals surface area contributed by atoms with E-state index in [0.29, 0.717) is 26.1 Å². The minimum Gasteiger partial charge on any atom is -0.267 e. The molecule has 90 valence electrons. The van der Waals surface area contributed by atoms with Crippen molar-refractivity contribution in [3.8, 4) is 6.19 Å². The van der Waals surface area contributed by atoms with E-state index in [2.05, 4.69) is 0 Å². The lowest BCUT2D eigenvalue weighted by molar-refractivity contribution is 0.996. The van der Waals surface area contributed by atoms with Gasteiger partial charge in [0.2, 0.25) is 0 Å². The molecule has 2 aromatic carbocycles. The van der Waals surface area contributed by atoms with E-state index in [1.54, 1.807) is 54.7 Å². The third kappa shape index (κ3) is 1.53. The number of hydrogen-bond acceptors (Lipinski definition) is 3. The molecule has 1 heterocycles. The second-order valence-electron chi connectivity index (χ2n) is 4.14. The second-order valence-corrected chi connectivity index (χ2v) is 4.14. The molecule has 3 rings (SSSR count). The topological polar surface area (TPSA) is 62.9 Å². The predicted octanol–water partition coefficient (Wildman–Crippen LogP) is 1.84. The van der Waals surface area contributed by atoms with Gasteiger partial charge in [-0.25, -0.2) is 0 Å². The molecule has 0 fully saturated rings. The van der Waals surface area contributed by atoms with Crippen molar-refractivity contribution < 1.29 is 0 Å². The lowest BCUT2D eigenvalue weighted by Crippen LogP contribution is -2.26. The fraction of sp³-hybridized carbons (Fsp3) is 0. The van der Waals surface area contributed by atoms with Gasteiger partial charge in [-0.3, -0.25) is 9.59 Å². The second kappa shape index (κ2) is 4.07. The largest absolute Gasteiger partial charge is 0.274 e. The molecule has 4 nitrogen and oxygen atoms in total. The average molecular weight is 248 g/mol. The van der Waals surface area contributed by atoms with Crippen LogP contribution < -0.4 is 11.1 Å². The maximum absolute atomic E-state index is 12.2. The van der Waals surface area contributed by atoms with Gasteiger partial charge in [0.1, 0.15) is 0 Å². The molecular formula is C15H8N2O2. The lowest BCUT2D eigenvalue weighted by Gasteiger charge is -1.94. The van der Waals surface area contributed by atoms with E-state index in [0.717, 1.165) is 0 Å². The van der Waals surface area contributed by atoms with Gasteiger partial charge in [-0.1, -0.05) is 36.4 Å². The van der Waals surface area contributed by atoms with Crippen LogP contribution in [0.25, 0.3) is 21.5 Å². The molecule has 0 atom stereocenters. The molecule has 0 radical (unpaired) electrons. The highest BCUT2D eigenvalue weighted by Crippen LogP contribution is 2.18. The van der Waals surface area contributed by atoms with Gasteiger partial charge in [-0.15, -0.1) is 0 Å². The van der Waals surface area contributed by atoms with Crippen molar-refractivity contribution in [1.82, 2.24) is 4.57 Å². The summed E-state index contributed by atoms with van der Waals surface area (Å²) < 4.78 is 0.602. The first kappa shape index (κ1) is 11.2. The Labute approximate surface area is 107 Å². The van der Waals surface area contributed by atoms with E-state index in [9.17, 15) is 9.59 Å². The molecule has 0 N–H and O–H groups in total. The van der Waals surface area contributed by atoms with Gasteiger partial charge in [0.25, 0.3) is 11.1 Å². The van der Waals surface area contributed by atoms with E-state index in [-0.39, 0.29) is 0 Å². The van der Waals surface area contributed by atoms with E-state index in [4.69, 9.17) is 5.26 Å². The summed E-state index contributed by atoms with van der Waals surface area (Å²) in [5.41, 5.74) is -1.17. The molecule has 19 heavy (non-hydrogen) atoms. The Morgan fingerprint density at radius 3 is 1.47 bits per heavy atom. The molecular weight excluding hydrogens is 240 g/mol. The summed E-state index contributed by atoms with van der Waals surface area (Å²) in [6.07, 6.45) is 1.66. The minimum absolute atomic E-state index is 0.363. The first-order chi connectivity index (χ1) is 9.24. The summed E-state index contributed by atoms with van der Waals surface area (Å²) in [4.78, 5) is 24.5. The molecule has 0 aliphatic rings. The zero-order chi connectivity index (χ0) is 13.4. The molecule has 0 unspecified atom stereocenters. The number of aromatic nitrogens is 1. The van der Waals surface area contributed by atoms with Crippen LogP contribution in [0.2, 0.25) is 0 Å². The van der Waals surface area contributed by atoms with Crippen LogP contribution in [0.1, 0.15) is 0 Å². The Bertz CT molecular complexity index is 893. The first-order valence-corrected chi connectivity index (χ1v) is 5.71. The normalized spacial score (nSPS) is 10.5. The van der Waals surface area contributed by atoms with Crippen molar-refractivity contribution in [3.63, 3.8) is 0 Å². The van der Waals surface area contributed by atoms with Gasteiger partial charge in [-0.05, 0) is 22.9 Å². The van der Waals surface area contributed by atoms with Crippen LogP contribution in [-0.4, -0.2) is 4.57 Å². The molecule has 0 aliphatic heterocycles. The molecule has 0 amide bonds. The Balaban J connectivity index is 2.87. The minimum atomic E-state index is -0.584. The maximum Gasteiger partial charge on any atom is 0.274 e. The standard InChI is InChI=1S/C15H8N2O2/c16-9-17-14(18)12-7-3-1-5-10(12)11-6-2-4-8-13(11)15(17)19/h1-8H. The number of nitriles is 1. The molecule has 3 aromatic rings. The van der Waals surface area contributed by atoms with Gasteiger partial charge < -0.3 is 0 Å². The third-order valence-corrected chi connectivity index (χ3v) is 3.11. The van der Waals surface area contributed by atoms with Crippen molar-refractivity contribution >= 4 is 21.5 Å². The monoisotopic (exact) mass is 248 g/mol. The van der Waals surface area contributed by atoms with Gasteiger partial charge in [0.15, 0.2) is 6.19 Å². The highest BCUT2D eigenvalue weighted by atomic mass is 16.2. The smallest absolute Gasteiger partial charge is 0.267 e. The highest BCUT2D eigenvalue weighted by molar-refractivity contribution is 6.05. The number of nitrogens with zero attached hydrogens (tertiary/aromatic N) is 2. The zero-order valence-electron chi connectivity index (χ0n) is 9.83. The van der Waals surface area contributed by atoms with Crippen molar-refractivity contribution in [1.29, 1.82) is 5.26 Å². The quantitative estimate of drug-likeness (QED) is 0.609. The van der Waals surface area contributed by atoms with Crippen LogP contribution in [0, 0.1) is 11.5 Å². The Kier molecular flexibility index (Phi) is 2.39.